The fraction of sp³-hybridized carbons (Fsp3) is 0.250. The van der Waals surface area contributed by atoms with E-state index in [0.717, 1.165) is 0 Å². The van der Waals surface area contributed by atoms with Gasteiger partial charge in [-0.2, -0.15) is 0 Å². The molecule has 0 amide bonds. The second-order valence-corrected chi connectivity index (χ2v) is 4.70. The van der Waals surface area contributed by atoms with Gasteiger partial charge in [-0.3, -0.25) is 0 Å². The minimum Gasteiger partial charge on any atom is -0.337 e. The molecule has 0 fully saturated rings. The Morgan fingerprint density at radius 2 is 1.62 bits per heavy atom. The lowest BCUT2D eigenvalue weighted by molar-refractivity contribution is 0.574. The van der Waals surface area contributed by atoms with Gasteiger partial charge in [0.2, 0.25) is 0 Å². The van der Waals surface area contributed by atoms with Gasteiger partial charge in [-0.25, -0.2) is 13.2 Å². The van der Waals surface area contributed by atoms with Crippen molar-refractivity contribution in [2.45, 2.75) is 13.5 Å². The molecule has 0 atom stereocenters. The molecule has 5 heteroatoms. The number of hydrogen-bond acceptors (Lipinski definition) is 2. The van der Waals surface area contributed by atoms with E-state index in [-0.39, 0.29) is 11.4 Å². The van der Waals surface area contributed by atoms with Crippen molar-refractivity contribution in [3.8, 4) is 0 Å². The van der Waals surface area contributed by atoms with Crippen LogP contribution in [-0.2, 0) is 6.54 Å². The van der Waals surface area contributed by atoms with E-state index < -0.39 is 17.5 Å². The summed E-state index contributed by atoms with van der Waals surface area (Å²) in [5, 5.41) is 3.00. The summed E-state index contributed by atoms with van der Waals surface area (Å²) in [4.78, 5) is 1.18. The predicted molar refractivity (Wildman–Crippen MR) is 78.2 cm³/mol. The van der Waals surface area contributed by atoms with Crippen LogP contribution in [0, 0.1) is 17.5 Å². The summed E-state index contributed by atoms with van der Waals surface area (Å²) in [6.07, 6.45) is 0. The first-order valence-electron chi connectivity index (χ1n) is 6.71. The first kappa shape index (κ1) is 15.4. The zero-order valence-electron chi connectivity index (χ0n) is 12.0. The number of rotatable bonds is 5. The van der Waals surface area contributed by atoms with Crippen LogP contribution in [0.4, 0.5) is 24.5 Å². The number of benzene rings is 2. The number of para-hydroxylation sites is 1. The molecule has 2 aromatic carbocycles. The van der Waals surface area contributed by atoms with Gasteiger partial charge in [0.15, 0.2) is 0 Å². The highest BCUT2D eigenvalue weighted by Crippen LogP contribution is 2.31. The summed E-state index contributed by atoms with van der Waals surface area (Å²) in [5.41, 5.74) is 0.368. The molecule has 0 spiro atoms. The van der Waals surface area contributed by atoms with Crippen LogP contribution in [0.1, 0.15) is 12.5 Å². The van der Waals surface area contributed by atoms with Crippen molar-refractivity contribution in [1.29, 1.82) is 0 Å². The summed E-state index contributed by atoms with van der Waals surface area (Å²) >= 11 is 0. The van der Waals surface area contributed by atoms with Gasteiger partial charge in [-0.15, -0.1) is 0 Å². The van der Waals surface area contributed by atoms with Gasteiger partial charge in [-0.05, 0) is 36.4 Å². The summed E-state index contributed by atoms with van der Waals surface area (Å²) in [7, 11) is 1.43. The van der Waals surface area contributed by atoms with E-state index in [1.54, 1.807) is 6.07 Å². The van der Waals surface area contributed by atoms with E-state index in [9.17, 15) is 13.2 Å². The van der Waals surface area contributed by atoms with Crippen LogP contribution in [0.3, 0.4) is 0 Å². The fourth-order valence-corrected chi connectivity index (χ4v) is 2.15. The molecule has 2 aromatic rings. The highest BCUT2D eigenvalue weighted by Gasteiger charge is 2.18. The van der Waals surface area contributed by atoms with Gasteiger partial charge in [-0.1, -0.05) is 19.1 Å². The van der Waals surface area contributed by atoms with Crippen molar-refractivity contribution in [2.75, 3.05) is 18.5 Å². The molecule has 0 radical (unpaired) electrons. The van der Waals surface area contributed by atoms with Crippen LogP contribution >= 0.6 is 0 Å². The Kier molecular flexibility index (Phi) is 4.85. The Morgan fingerprint density at radius 3 is 2.19 bits per heavy atom. The Labute approximate surface area is 122 Å². The molecule has 2 nitrogen and oxygen atoms in total. The Hall–Kier alpha value is -2.01. The zero-order chi connectivity index (χ0) is 15.4. The van der Waals surface area contributed by atoms with Crippen molar-refractivity contribution in [1.82, 2.24) is 5.32 Å². The van der Waals surface area contributed by atoms with Gasteiger partial charge in [0, 0.05) is 13.6 Å². The van der Waals surface area contributed by atoms with Crippen molar-refractivity contribution in [2.24, 2.45) is 0 Å². The maximum absolute atomic E-state index is 14.2. The average Bonchev–Trinajstić information content (AvgIpc) is 2.44. The lowest BCUT2D eigenvalue weighted by Crippen LogP contribution is -2.16. The number of hydrogen-bond donors (Lipinski definition) is 1. The minimum absolute atomic E-state index is 0.120. The van der Waals surface area contributed by atoms with Crippen LogP contribution in [-0.4, -0.2) is 13.6 Å². The lowest BCUT2D eigenvalue weighted by atomic mass is 10.1. The molecule has 0 aromatic heterocycles. The third kappa shape index (κ3) is 3.36. The molecule has 21 heavy (non-hydrogen) atoms. The van der Waals surface area contributed by atoms with E-state index in [4.69, 9.17) is 0 Å². The molecule has 0 unspecified atom stereocenters. The summed E-state index contributed by atoms with van der Waals surface area (Å²) in [6, 6.07) is 8.39. The normalized spacial score (nSPS) is 10.7. The molecule has 0 bridgehead atoms. The van der Waals surface area contributed by atoms with E-state index in [0.29, 0.717) is 18.7 Å². The summed E-state index contributed by atoms with van der Waals surface area (Å²) in [5.74, 6) is -1.96. The third-order valence-electron chi connectivity index (χ3n) is 3.21. The van der Waals surface area contributed by atoms with Gasteiger partial charge in [0.05, 0.1) is 5.69 Å². The average molecular weight is 294 g/mol. The van der Waals surface area contributed by atoms with Crippen LogP contribution < -0.4 is 10.2 Å². The van der Waals surface area contributed by atoms with Gasteiger partial charge < -0.3 is 10.2 Å². The van der Waals surface area contributed by atoms with Crippen molar-refractivity contribution in [3.05, 3.63) is 59.4 Å². The van der Waals surface area contributed by atoms with Gasteiger partial charge in [0.1, 0.15) is 23.1 Å². The number of halogens is 3. The number of nitrogens with zero attached hydrogens (tertiary/aromatic N) is 1. The predicted octanol–water partition coefficient (Wildman–Crippen LogP) is 3.98. The molecule has 0 aliphatic heterocycles. The maximum atomic E-state index is 14.2. The maximum Gasteiger partial charge on any atom is 0.150 e. The summed E-state index contributed by atoms with van der Waals surface area (Å²) in [6.45, 7) is 3.00. The van der Waals surface area contributed by atoms with Gasteiger partial charge in [0.25, 0.3) is 0 Å². The molecule has 2 rings (SSSR count). The molecular formula is C16H17F3N2. The SMILES string of the molecule is CCNCc1cc(F)c(N(C)c2ccccc2F)c(F)c1. The summed E-state index contributed by atoms with van der Waals surface area (Å²) < 4.78 is 42.1. The first-order chi connectivity index (χ1) is 10.0. The highest BCUT2D eigenvalue weighted by atomic mass is 19.1. The Balaban J connectivity index is 2.38. The van der Waals surface area contributed by atoms with Crippen molar-refractivity contribution in [3.63, 3.8) is 0 Å². The Morgan fingerprint density at radius 1 is 1.00 bits per heavy atom. The molecule has 0 saturated heterocycles. The quantitative estimate of drug-likeness (QED) is 0.897. The number of anilines is 2. The lowest BCUT2D eigenvalue weighted by Gasteiger charge is -2.21. The van der Waals surface area contributed by atoms with Crippen LogP contribution in [0.15, 0.2) is 36.4 Å². The molecule has 0 heterocycles. The molecule has 0 aliphatic carbocycles. The zero-order valence-corrected chi connectivity index (χ0v) is 12.0. The molecular weight excluding hydrogens is 277 g/mol. The smallest absolute Gasteiger partial charge is 0.150 e. The van der Waals surface area contributed by atoms with E-state index in [1.807, 2.05) is 6.92 Å². The van der Waals surface area contributed by atoms with Crippen LogP contribution in [0.2, 0.25) is 0 Å². The minimum atomic E-state index is -0.714. The molecule has 0 aliphatic rings. The van der Waals surface area contributed by atoms with E-state index in [2.05, 4.69) is 5.32 Å². The standard InChI is InChI=1S/C16H17F3N2/c1-3-20-10-11-8-13(18)16(14(19)9-11)21(2)15-7-5-4-6-12(15)17/h4-9,20H,3,10H2,1-2H3. The second kappa shape index (κ2) is 6.63. The third-order valence-corrected chi connectivity index (χ3v) is 3.21. The Bertz CT molecular complexity index is 606. The first-order valence-corrected chi connectivity index (χ1v) is 6.71. The number of nitrogens with one attached hydrogen (secondary N) is 1. The molecule has 1 N–H and O–H groups in total. The van der Waals surface area contributed by atoms with Crippen molar-refractivity contribution < 1.29 is 13.2 Å². The molecule has 0 saturated carbocycles. The van der Waals surface area contributed by atoms with E-state index in [1.165, 1.54) is 42.3 Å². The topological polar surface area (TPSA) is 15.3 Å². The molecule has 112 valence electrons. The van der Waals surface area contributed by atoms with Crippen molar-refractivity contribution >= 4 is 11.4 Å². The van der Waals surface area contributed by atoms with E-state index >= 15 is 0 Å². The highest BCUT2D eigenvalue weighted by molar-refractivity contribution is 5.64. The fourth-order valence-electron chi connectivity index (χ4n) is 2.15. The van der Waals surface area contributed by atoms with Crippen LogP contribution in [0.5, 0.6) is 0 Å². The van der Waals surface area contributed by atoms with Gasteiger partial charge >= 0.3 is 0 Å². The largest absolute Gasteiger partial charge is 0.337 e. The second-order valence-electron chi connectivity index (χ2n) is 4.70. The van der Waals surface area contributed by atoms with Crippen LogP contribution in [0.25, 0.3) is 0 Å². The monoisotopic (exact) mass is 294 g/mol.